The number of Topliss-reactive ketones (excluding diaryl/α,β-unsaturated/α-hetero) is 1. The first-order valence-corrected chi connectivity index (χ1v) is 7.06. The highest BCUT2D eigenvalue weighted by Gasteiger charge is 2.43. The van der Waals surface area contributed by atoms with Gasteiger partial charge in [-0.3, -0.25) is 9.59 Å². The van der Waals surface area contributed by atoms with Gasteiger partial charge in [-0.15, -0.1) is 0 Å². The van der Waals surface area contributed by atoms with Crippen LogP contribution in [0.4, 0.5) is 0 Å². The van der Waals surface area contributed by atoms with E-state index in [0.29, 0.717) is 12.3 Å². The predicted octanol–water partition coefficient (Wildman–Crippen LogP) is 2.18. The van der Waals surface area contributed by atoms with Crippen molar-refractivity contribution in [1.29, 1.82) is 0 Å². The molecule has 1 aromatic rings. The van der Waals surface area contributed by atoms with Crippen molar-refractivity contribution in [2.45, 2.75) is 32.8 Å². The van der Waals surface area contributed by atoms with Crippen LogP contribution in [-0.2, 0) is 4.79 Å². The SMILES string of the molecule is CC1(C)CNC(=O)C1Oc1ccc(C(=O)C2CC2)cc1. The molecule has 1 saturated heterocycles. The topological polar surface area (TPSA) is 55.4 Å². The lowest BCUT2D eigenvalue weighted by Gasteiger charge is -2.24. The van der Waals surface area contributed by atoms with Gasteiger partial charge in [0.2, 0.25) is 0 Å². The van der Waals surface area contributed by atoms with Crippen LogP contribution in [0.1, 0.15) is 37.0 Å². The van der Waals surface area contributed by atoms with Gasteiger partial charge in [0.15, 0.2) is 11.9 Å². The molecular weight excluding hydrogens is 254 g/mol. The summed E-state index contributed by atoms with van der Waals surface area (Å²) < 4.78 is 5.79. The van der Waals surface area contributed by atoms with Crippen LogP contribution >= 0.6 is 0 Å². The van der Waals surface area contributed by atoms with E-state index in [1.165, 1.54) is 0 Å². The molecule has 4 heteroatoms. The van der Waals surface area contributed by atoms with Crippen LogP contribution in [0.5, 0.6) is 5.75 Å². The summed E-state index contributed by atoms with van der Waals surface area (Å²) >= 11 is 0. The normalized spacial score (nSPS) is 24.3. The van der Waals surface area contributed by atoms with Crippen molar-refractivity contribution in [3.05, 3.63) is 29.8 Å². The number of ether oxygens (including phenoxy) is 1. The van der Waals surface area contributed by atoms with Gasteiger partial charge in [0.25, 0.3) is 5.91 Å². The summed E-state index contributed by atoms with van der Waals surface area (Å²) in [5, 5.41) is 2.81. The molecule has 0 bridgehead atoms. The maximum Gasteiger partial charge on any atom is 0.261 e. The van der Waals surface area contributed by atoms with E-state index in [-0.39, 0.29) is 23.0 Å². The van der Waals surface area contributed by atoms with Crippen molar-refractivity contribution in [3.63, 3.8) is 0 Å². The molecule has 3 rings (SSSR count). The van der Waals surface area contributed by atoms with Crippen molar-refractivity contribution in [2.75, 3.05) is 6.54 Å². The monoisotopic (exact) mass is 273 g/mol. The smallest absolute Gasteiger partial charge is 0.261 e. The Morgan fingerprint density at radius 1 is 1.25 bits per heavy atom. The van der Waals surface area contributed by atoms with E-state index in [0.717, 1.165) is 18.4 Å². The second kappa shape index (κ2) is 4.62. The summed E-state index contributed by atoms with van der Waals surface area (Å²) in [5.41, 5.74) is 0.509. The Kier molecular flexibility index (Phi) is 3.04. The number of ketones is 1. The largest absolute Gasteiger partial charge is 0.480 e. The minimum atomic E-state index is -0.479. The van der Waals surface area contributed by atoms with Gasteiger partial charge < -0.3 is 10.1 Å². The van der Waals surface area contributed by atoms with Crippen molar-refractivity contribution in [3.8, 4) is 5.75 Å². The van der Waals surface area contributed by atoms with Crippen molar-refractivity contribution >= 4 is 11.7 Å². The molecule has 2 aliphatic rings. The molecule has 1 atom stereocenters. The Hall–Kier alpha value is -1.84. The van der Waals surface area contributed by atoms with Gasteiger partial charge in [-0.25, -0.2) is 0 Å². The Labute approximate surface area is 118 Å². The summed E-state index contributed by atoms with van der Waals surface area (Å²) in [6.45, 7) is 4.62. The van der Waals surface area contributed by atoms with E-state index in [1.54, 1.807) is 24.3 Å². The number of amides is 1. The summed E-state index contributed by atoms with van der Waals surface area (Å²) in [7, 11) is 0. The van der Waals surface area contributed by atoms with E-state index >= 15 is 0 Å². The molecule has 1 unspecified atom stereocenters. The van der Waals surface area contributed by atoms with Gasteiger partial charge in [0, 0.05) is 23.4 Å². The minimum Gasteiger partial charge on any atom is -0.480 e. The summed E-state index contributed by atoms with van der Waals surface area (Å²) in [4.78, 5) is 23.7. The predicted molar refractivity (Wildman–Crippen MR) is 74.7 cm³/mol. The number of hydrogen-bond acceptors (Lipinski definition) is 3. The van der Waals surface area contributed by atoms with Crippen molar-refractivity contribution in [1.82, 2.24) is 5.32 Å². The zero-order chi connectivity index (χ0) is 14.3. The van der Waals surface area contributed by atoms with Crippen LogP contribution in [0.25, 0.3) is 0 Å². The number of benzene rings is 1. The third-order valence-electron chi connectivity index (χ3n) is 4.01. The van der Waals surface area contributed by atoms with E-state index in [9.17, 15) is 9.59 Å². The third-order valence-corrected chi connectivity index (χ3v) is 4.01. The molecule has 0 aromatic heterocycles. The number of rotatable bonds is 4. The molecule has 1 aliphatic heterocycles. The number of nitrogens with one attached hydrogen (secondary N) is 1. The fourth-order valence-electron chi connectivity index (χ4n) is 2.48. The average Bonchev–Trinajstić information content (AvgIpc) is 3.23. The first-order chi connectivity index (χ1) is 9.47. The highest BCUT2D eigenvalue weighted by Crippen LogP contribution is 2.33. The molecule has 1 aliphatic carbocycles. The van der Waals surface area contributed by atoms with Crippen LogP contribution in [0, 0.1) is 11.3 Å². The van der Waals surface area contributed by atoms with Gasteiger partial charge >= 0.3 is 0 Å². The van der Waals surface area contributed by atoms with Crippen LogP contribution in [0.2, 0.25) is 0 Å². The highest BCUT2D eigenvalue weighted by molar-refractivity contribution is 5.99. The Morgan fingerprint density at radius 2 is 1.90 bits per heavy atom. The van der Waals surface area contributed by atoms with Gasteiger partial charge in [-0.05, 0) is 37.1 Å². The van der Waals surface area contributed by atoms with E-state index in [2.05, 4.69) is 5.32 Å². The lowest BCUT2D eigenvalue weighted by molar-refractivity contribution is -0.126. The Balaban J connectivity index is 1.72. The van der Waals surface area contributed by atoms with Crippen LogP contribution in [0.15, 0.2) is 24.3 Å². The van der Waals surface area contributed by atoms with Crippen molar-refractivity contribution in [2.24, 2.45) is 11.3 Å². The number of carbonyl (C=O) groups is 2. The second-order valence-electron chi connectivity index (χ2n) is 6.37. The molecule has 0 spiro atoms. The van der Waals surface area contributed by atoms with E-state index < -0.39 is 6.10 Å². The van der Waals surface area contributed by atoms with E-state index in [1.807, 2.05) is 13.8 Å². The third kappa shape index (κ3) is 2.42. The molecule has 1 saturated carbocycles. The maximum atomic E-state index is 11.9. The van der Waals surface area contributed by atoms with Gasteiger partial charge in [-0.1, -0.05) is 13.8 Å². The Bertz CT molecular complexity index is 543. The van der Waals surface area contributed by atoms with Crippen molar-refractivity contribution < 1.29 is 14.3 Å². The molecule has 106 valence electrons. The lowest BCUT2D eigenvalue weighted by Crippen LogP contribution is -2.36. The van der Waals surface area contributed by atoms with Gasteiger partial charge in [-0.2, -0.15) is 0 Å². The average molecular weight is 273 g/mol. The summed E-state index contributed by atoms with van der Waals surface area (Å²) in [5.74, 6) is 0.998. The second-order valence-corrected chi connectivity index (χ2v) is 6.37. The Morgan fingerprint density at radius 3 is 2.40 bits per heavy atom. The zero-order valence-corrected chi connectivity index (χ0v) is 11.8. The standard InChI is InChI=1S/C16H19NO3/c1-16(2)9-17-15(19)14(16)20-12-7-5-11(6-8-12)13(18)10-3-4-10/h5-8,10,14H,3-4,9H2,1-2H3,(H,17,19). The van der Waals surface area contributed by atoms with E-state index in [4.69, 9.17) is 4.74 Å². The van der Waals surface area contributed by atoms with Gasteiger partial charge in [0.1, 0.15) is 5.75 Å². The first-order valence-electron chi connectivity index (χ1n) is 7.06. The molecule has 2 fully saturated rings. The molecule has 4 nitrogen and oxygen atoms in total. The first kappa shape index (κ1) is 13.2. The highest BCUT2D eigenvalue weighted by atomic mass is 16.5. The zero-order valence-electron chi connectivity index (χ0n) is 11.8. The molecule has 1 amide bonds. The van der Waals surface area contributed by atoms with Crippen LogP contribution in [-0.4, -0.2) is 24.3 Å². The molecule has 20 heavy (non-hydrogen) atoms. The van der Waals surface area contributed by atoms with Gasteiger partial charge in [0.05, 0.1) is 0 Å². The number of hydrogen-bond donors (Lipinski definition) is 1. The quantitative estimate of drug-likeness (QED) is 0.855. The summed E-state index contributed by atoms with van der Waals surface area (Å²) in [6, 6.07) is 7.13. The maximum absolute atomic E-state index is 11.9. The minimum absolute atomic E-state index is 0.0758. The van der Waals surface area contributed by atoms with Crippen LogP contribution < -0.4 is 10.1 Å². The molecule has 0 radical (unpaired) electrons. The summed E-state index contributed by atoms with van der Waals surface area (Å²) in [6.07, 6.45) is 1.54. The molecular formula is C16H19NO3. The van der Waals surface area contributed by atoms with Crippen LogP contribution in [0.3, 0.4) is 0 Å². The lowest BCUT2D eigenvalue weighted by atomic mass is 9.89. The molecule has 1 aromatic carbocycles. The molecule has 1 heterocycles. The fraction of sp³-hybridized carbons (Fsp3) is 0.500. The number of carbonyl (C=O) groups excluding carboxylic acids is 2. The fourth-order valence-corrected chi connectivity index (χ4v) is 2.48. The molecule has 1 N–H and O–H groups in total.